The van der Waals surface area contributed by atoms with Gasteiger partial charge in [-0.25, -0.2) is 4.79 Å². The van der Waals surface area contributed by atoms with Gasteiger partial charge in [0.25, 0.3) is 0 Å². The van der Waals surface area contributed by atoms with E-state index in [9.17, 15) is 9.59 Å². The maximum atomic E-state index is 11.7. The van der Waals surface area contributed by atoms with Crippen LogP contribution in [0, 0.1) is 0 Å². The third-order valence-electron chi connectivity index (χ3n) is 2.72. The summed E-state index contributed by atoms with van der Waals surface area (Å²) >= 11 is 0. The zero-order chi connectivity index (χ0) is 12.8. The molecule has 0 aromatic carbocycles. The predicted octanol–water partition coefficient (Wildman–Crippen LogP) is 0.0707. The Kier molecular flexibility index (Phi) is 5.21. The zero-order valence-corrected chi connectivity index (χ0v) is 10.4. The molecule has 1 aliphatic rings. The quantitative estimate of drug-likeness (QED) is 0.734. The van der Waals surface area contributed by atoms with E-state index in [4.69, 9.17) is 10.5 Å². The fraction of sp³-hybridized carbons (Fsp3) is 0.818. The molecule has 98 valence electrons. The summed E-state index contributed by atoms with van der Waals surface area (Å²) in [5.74, 6) is -0.0691. The normalized spacial score (nSPS) is 21.8. The number of piperidine rings is 1. The summed E-state index contributed by atoms with van der Waals surface area (Å²) in [6.45, 7) is 5.00. The maximum Gasteiger partial charge on any atom is 0.407 e. The van der Waals surface area contributed by atoms with E-state index in [1.165, 1.54) is 0 Å². The average molecular weight is 243 g/mol. The Bertz CT molecular complexity index is 281. The average Bonchev–Trinajstić information content (AvgIpc) is 2.28. The lowest BCUT2D eigenvalue weighted by atomic mass is 10.1. The molecule has 6 heteroatoms. The second-order valence-electron chi connectivity index (χ2n) is 4.28. The molecule has 1 heterocycles. The summed E-state index contributed by atoms with van der Waals surface area (Å²) < 4.78 is 4.81. The SMILES string of the molecule is CCOC(=O)NC1CCCN(C(=O)[C@H](C)N)C1. The van der Waals surface area contributed by atoms with E-state index < -0.39 is 12.1 Å². The molecule has 0 spiro atoms. The molecule has 2 amide bonds. The molecular weight excluding hydrogens is 222 g/mol. The molecule has 1 saturated heterocycles. The first-order valence-electron chi connectivity index (χ1n) is 6.02. The monoisotopic (exact) mass is 243 g/mol. The van der Waals surface area contributed by atoms with Crippen LogP contribution in [-0.4, -0.2) is 48.7 Å². The summed E-state index contributed by atoms with van der Waals surface area (Å²) in [4.78, 5) is 24.7. The van der Waals surface area contributed by atoms with Crippen molar-refractivity contribution in [1.29, 1.82) is 0 Å². The van der Waals surface area contributed by atoms with Crippen LogP contribution in [0.15, 0.2) is 0 Å². The van der Waals surface area contributed by atoms with Gasteiger partial charge in [-0.05, 0) is 26.7 Å². The summed E-state index contributed by atoms with van der Waals surface area (Å²) in [6.07, 6.45) is 1.31. The molecule has 0 aliphatic carbocycles. The van der Waals surface area contributed by atoms with E-state index in [0.29, 0.717) is 19.7 Å². The number of carbonyl (C=O) groups excluding carboxylic acids is 2. The third kappa shape index (κ3) is 4.22. The van der Waals surface area contributed by atoms with Crippen LogP contribution in [0.25, 0.3) is 0 Å². The number of likely N-dealkylation sites (tertiary alicyclic amines) is 1. The summed E-state index contributed by atoms with van der Waals surface area (Å²) in [5, 5.41) is 2.75. The highest BCUT2D eigenvalue weighted by Gasteiger charge is 2.26. The van der Waals surface area contributed by atoms with Crippen LogP contribution in [0.5, 0.6) is 0 Å². The molecule has 2 atom stereocenters. The van der Waals surface area contributed by atoms with E-state index in [-0.39, 0.29) is 11.9 Å². The number of ether oxygens (including phenoxy) is 1. The number of nitrogens with zero attached hydrogens (tertiary/aromatic N) is 1. The van der Waals surface area contributed by atoms with Crippen LogP contribution >= 0.6 is 0 Å². The Morgan fingerprint density at radius 2 is 2.29 bits per heavy atom. The third-order valence-corrected chi connectivity index (χ3v) is 2.72. The molecule has 1 unspecified atom stereocenters. The fourth-order valence-electron chi connectivity index (χ4n) is 1.92. The molecule has 0 saturated carbocycles. The number of hydrogen-bond acceptors (Lipinski definition) is 4. The minimum absolute atomic E-state index is 0.0366. The van der Waals surface area contributed by atoms with Crippen molar-refractivity contribution in [1.82, 2.24) is 10.2 Å². The van der Waals surface area contributed by atoms with Gasteiger partial charge in [0.1, 0.15) is 0 Å². The van der Waals surface area contributed by atoms with Crippen LogP contribution in [0.4, 0.5) is 4.79 Å². The molecular formula is C11H21N3O3. The fourth-order valence-corrected chi connectivity index (χ4v) is 1.92. The second kappa shape index (κ2) is 6.44. The van der Waals surface area contributed by atoms with Gasteiger partial charge in [0.2, 0.25) is 5.91 Å². The molecule has 1 aliphatic heterocycles. The van der Waals surface area contributed by atoms with Crippen molar-refractivity contribution in [2.45, 2.75) is 38.8 Å². The Labute approximate surface area is 101 Å². The van der Waals surface area contributed by atoms with Crippen LogP contribution in [0.1, 0.15) is 26.7 Å². The van der Waals surface area contributed by atoms with Gasteiger partial charge in [0, 0.05) is 19.1 Å². The number of alkyl carbamates (subject to hydrolysis) is 1. The van der Waals surface area contributed by atoms with E-state index in [2.05, 4.69) is 5.32 Å². The van der Waals surface area contributed by atoms with Crippen LogP contribution in [0.3, 0.4) is 0 Å². The number of rotatable bonds is 3. The minimum Gasteiger partial charge on any atom is -0.450 e. The topological polar surface area (TPSA) is 84.7 Å². The predicted molar refractivity (Wildman–Crippen MR) is 63.4 cm³/mol. The van der Waals surface area contributed by atoms with Gasteiger partial charge in [0.05, 0.1) is 12.6 Å². The molecule has 6 nitrogen and oxygen atoms in total. The molecule has 17 heavy (non-hydrogen) atoms. The van der Waals surface area contributed by atoms with E-state index in [1.54, 1.807) is 18.7 Å². The number of nitrogens with two attached hydrogens (primary N) is 1. The Morgan fingerprint density at radius 3 is 2.88 bits per heavy atom. The van der Waals surface area contributed by atoms with Gasteiger partial charge in [-0.2, -0.15) is 0 Å². The van der Waals surface area contributed by atoms with Gasteiger partial charge >= 0.3 is 6.09 Å². The smallest absolute Gasteiger partial charge is 0.407 e. The number of amides is 2. The highest BCUT2D eigenvalue weighted by atomic mass is 16.5. The standard InChI is InChI=1S/C11H21N3O3/c1-3-17-11(16)13-9-5-4-6-14(7-9)10(15)8(2)12/h8-9H,3-7,12H2,1-2H3,(H,13,16)/t8-,9?/m0/s1. The molecule has 1 rings (SSSR count). The number of hydrogen-bond donors (Lipinski definition) is 2. The highest BCUT2D eigenvalue weighted by Crippen LogP contribution is 2.11. The van der Waals surface area contributed by atoms with Crippen LogP contribution in [-0.2, 0) is 9.53 Å². The highest BCUT2D eigenvalue weighted by molar-refractivity contribution is 5.81. The molecule has 3 N–H and O–H groups in total. The second-order valence-corrected chi connectivity index (χ2v) is 4.28. The van der Waals surface area contributed by atoms with Crippen molar-refractivity contribution >= 4 is 12.0 Å². The van der Waals surface area contributed by atoms with Crippen molar-refractivity contribution in [3.63, 3.8) is 0 Å². The molecule has 0 aromatic heterocycles. The lowest BCUT2D eigenvalue weighted by molar-refractivity contribution is -0.133. The van der Waals surface area contributed by atoms with Crippen molar-refractivity contribution in [2.75, 3.05) is 19.7 Å². The Balaban J connectivity index is 2.43. The summed E-state index contributed by atoms with van der Waals surface area (Å²) in [5.41, 5.74) is 5.56. The Hall–Kier alpha value is -1.30. The van der Waals surface area contributed by atoms with Gasteiger partial charge in [-0.1, -0.05) is 0 Å². The van der Waals surface area contributed by atoms with Crippen LogP contribution < -0.4 is 11.1 Å². The van der Waals surface area contributed by atoms with Crippen LogP contribution in [0.2, 0.25) is 0 Å². The molecule has 1 fully saturated rings. The lowest BCUT2D eigenvalue weighted by Gasteiger charge is -2.33. The summed E-state index contributed by atoms with van der Waals surface area (Å²) in [7, 11) is 0. The van der Waals surface area contributed by atoms with Crippen molar-refractivity contribution in [3.8, 4) is 0 Å². The van der Waals surface area contributed by atoms with Crippen molar-refractivity contribution in [2.24, 2.45) is 5.73 Å². The van der Waals surface area contributed by atoms with E-state index >= 15 is 0 Å². The van der Waals surface area contributed by atoms with E-state index in [0.717, 1.165) is 12.8 Å². The first-order chi connectivity index (χ1) is 8.04. The lowest BCUT2D eigenvalue weighted by Crippen LogP contribution is -2.52. The molecule has 0 bridgehead atoms. The zero-order valence-electron chi connectivity index (χ0n) is 10.4. The first-order valence-corrected chi connectivity index (χ1v) is 6.02. The van der Waals surface area contributed by atoms with E-state index in [1.807, 2.05) is 0 Å². The molecule has 0 aromatic rings. The summed E-state index contributed by atoms with van der Waals surface area (Å²) in [6, 6.07) is -0.526. The maximum absolute atomic E-state index is 11.7. The van der Waals surface area contributed by atoms with Crippen molar-refractivity contribution in [3.05, 3.63) is 0 Å². The number of nitrogens with one attached hydrogen (secondary N) is 1. The van der Waals surface area contributed by atoms with Gasteiger partial charge in [0.15, 0.2) is 0 Å². The van der Waals surface area contributed by atoms with Gasteiger partial charge in [-0.15, -0.1) is 0 Å². The molecule has 0 radical (unpaired) electrons. The van der Waals surface area contributed by atoms with Gasteiger partial charge in [-0.3, -0.25) is 4.79 Å². The number of carbonyl (C=O) groups is 2. The van der Waals surface area contributed by atoms with Crippen molar-refractivity contribution < 1.29 is 14.3 Å². The first kappa shape index (κ1) is 13.8. The van der Waals surface area contributed by atoms with Gasteiger partial charge < -0.3 is 20.7 Å². The largest absolute Gasteiger partial charge is 0.450 e. The Morgan fingerprint density at radius 1 is 1.59 bits per heavy atom. The minimum atomic E-state index is -0.489.